The van der Waals surface area contributed by atoms with Gasteiger partial charge in [0.2, 0.25) is 0 Å². The highest BCUT2D eigenvalue weighted by Crippen LogP contribution is 2.24. The summed E-state index contributed by atoms with van der Waals surface area (Å²) in [6, 6.07) is 5.04. The van der Waals surface area contributed by atoms with Gasteiger partial charge in [-0.25, -0.2) is 0 Å². The van der Waals surface area contributed by atoms with Gasteiger partial charge in [0, 0.05) is 18.2 Å². The minimum atomic E-state index is -0.179. The Bertz CT molecular complexity index is 482. The number of carbonyl (C=O) groups excluding carboxylic acids is 1. The van der Waals surface area contributed by atoms with Crippen molar-refractivity contribution in [2.45, 2.75) is 45.3 Å². The van der Waals surface area contributed by atoms with Crippen molar-refractivity contribution in [1.29, 1.82) is 0 Å². The summed E-state index contributed by atoms with van der Waals surface area (Å²) in [4.78, 5) is 12.2. The Kier molecular flexibility index (Phi) is 3.80. The van der Waals surface area contributed by atoms with Gasteiger partial charge in [0.05, 0.1) is 5.60 Å². The van der Waals surface area contributed by atoms with Crippen LogP contribution >= 0.6 is 0 Å². The van der Waals surface area contributed by atoms with E-state index in [1.165, 1.54) is 0 Å². The first kappa shape index (κ1) is 13.9. The summed E-state index contributed by atoms with van der Waals surface area (Å²) in [7, 11) is 0. The molecule has 1 aliphatic rings. The Morgan fingerprint density at radius 3 is 2.84 bits per heavy atom. The molecule has 0 aliphatic carbocycles. The molecule has 1 aromatic carbocycles. The summed E-state index contributed by atoms with van der Waals surface area (Å²) < 4.78 is 5.63. The lowest BCUT2D eigenvalue weighted by molar-refractivity contribution is -0.0615. The van der Waals surface area contributed by atoms with Gasteiger partial charge in [0.25, 0.3) is 5.91 Å². The molecule has 1 aliphatic heterocycles. The number of hydrogen-bond donors (Lipinski definition) is 2. The van der Waals surface area contributed by atoms with E-state index in [0.717, 1.165) is 12.8 Å². The minimum Gasteiger partial charge on any atom is -0.508 e. The number of rotatable bonds is 2. The number of phenolic OH excluding ortho intramolecular Hbond substituents is 1. The third kappa shape index (κ3) is 3.47. The Morgan fingerprint density at radius 1 is 1.47 bits per heavy atom. The third-order valence-electron chi connectivity index (χ3n) is 3.49. The minimum absolute atomic E-state index is 0.0919. The van der Waals surface area contributed by atoms with Gasteiger partial charge in [0.1, 0.15) is 5.75 Å². The molecule has 1 aromatic rings. The maximum absolute atomic E-state index is 12.2. The number of hydrogen-bond acceptors (Lipinski definition) is 3. The molecule has 2 N–H and O–H groups in total. The number of carbonyl (C=O) groups is 1. The molecule has 1 heterocycles. The van der Waals surface area contributed by atoms with Gasteiger partial charge in [-0.3, -0.25) is 4.79 Å². The zero-order valence-corrected chi connectivity index (χ0v) is 11.7. The van der Waals surface area contributed by atoms with Crippen molar-refractivity contribution in [2.75, 3.05) is 6.61 Å². The summed E-state index contributed by atoms with van der Waals surface area (Å²) in [6.45, 7) is 6.53. The molecule has 4 heteroatoms. The van der Waals surface area contributed by atoms with Crippen LogP contribution in [0.3, 0.4) is 0 Å². The fraction of sp³-hybridized carbons (Fsp3) is 0.533. The van der Waals surface area contributed by atoms with E-state index in [1.54, 1.807) is 25.1 Å². The van der Waals surface area contributed by atoms with Crippen molar-refractivity contribution in [1.82, 2.24) is 5.32 Å². The average molecular weight is 263 g/mol. The number of aryl methyl sites for hydroxylation is 1. The highest BCUT2D eigenvalue weighted by atomic mass is 16.5. The molecule has 0 bridgehead atoms. The number of benzene rings is 1. The van der Waals surface area contributed by atoms with Gasteiger partial charge in [-0.2, -0.15) is 0 Å². The smallest absolute Gasteiger partial charge is 0.251 e. The van der Waals surface area contributed by atoms with Crippen LogP contribution < -0.4 is 5.32 Å². The standard InChI is InChI=1S/C15H21NO3/c1-10-8-11(4-5-13(10)17)14(18)16-12-6-7-19-15(2,3)9-12/h4-5,8,12,17H,6-7,9H2,1-3H3,(H,16,18). The van der Waals surface area contributed by atoms with Gasteiger partial charge in [-0.05, 0) is 57.4 Å². The number of ether oxygens (including phenoxy) is 1. The molecular weight excluding hydrogens is 242 g/mol. The lowest BCUT2D eigenvalue weighted by atomic mass is 9.93. The zero-order chi connectivity index (χ0) is 14.0. The highest BCUT2D eigenvalue weighted by Gasteiger charge is 2.29. The van der Waals surface area contributed by atoms with Gasteiger partial charge in [-0.1, -0.05) is 0 Å². The number of phenols is 1. The van der Waals surface area contributed by atoms with Crippen molar-refractivity contribution in [3.63, 3.8) is 0 Å². The Balaban J connectivity index is 2.02. The monoisotopic (exact) mass is 263 g/mol. The first-order valence-corrected chi connectivity index (χ1v) is 6.62. The third-order valence-corrected chi connectivity index (χ3v) is 3.49. The van der Waals surface area contributed by atoms with E-state index >= 15 is 0 Å². The molecule has 0 aromatic heterocycles. The van der Waals surface area contributed by atoms with E-state index in [-0.39, 0.29) is 23.3 Å². The van der Waals surface area contributed by atoms with Crippen LogP contribution in [0.2, 0.25) is 0 Å². The van der Waals surface area contributed by atoms with Gasteiger partial charge < -0.3 is 15.2 Å². The fourth-order valence-electron chi connectivity index (χ4n) is 2.42. The van der Waals surface area contributed by atoms with Crippen LogP contribution in [0.15, 0.2) is 18.2 Å². The van der Waals surface area contributed by atoms with Gasteiger partial charge in [-0.15, -0.1) is 0 Å². The quantitative estimate of drug-likeness (QED) is 0.861. The number of amides is 1. The molecular formula is C15H21NO3. The summed E-state index contributed by atoms with van der Waals surface area (Å²) in [5, 5.41) is 12.5. The maximum atomic E-state index is 12.2. The molecule has 2 rings (SSSR count). The van der Waals surface area contributed by atoms with E-state index in [4.69, 9.17) is 4.74 Å². The van der Waals surface area contributed by atoms with Crippen LogP contribution in [0.25, 0.3) is 0 Å². The van der Waals surface area contributed by atoms with Crippen LogP contribution in [0.5, 0.6) is 5.75 Å². The Morgan fingerprint density at radius 2 is 2.21 bits per heavy atom. The van der Waals surface area contributed by atoms with Crippen molar-refractivity contribution in [3.8, 4) is 5.75 Å². The molecule has 19 heavy (non-hydrogen) atoms. The molecule has 1 atom stereocenters. The van der Waals surface area contributed by atoms with E-state index in [0.29, 0.717) is 17.7 Å². The lowest BCUT2D eigenvalue weighted by Gasteiger charge is -2.35. The Labute approximate surface area is 113 Å². The SMILES string of the molecule is Cc1cc(C(=O)NC2CCOC(C)(C)C2)ccc1O. The van der Waals surface area contributed by atoms with E-state index in [9.17, 15) is 9.90 Å². The molecule has 1 amide bonds. The molecule has 1 fully saturated rings. The lowest BCUT2D eigenvalue weighted by Crippen LogP contribution is -2.45. The predicted octanol–water partition coefficient (Wildman–Crippen LogP) is 2.39. The zero-order valence-electron chi connectivity index (χ0n) is 11.7. The first-order valence-electron chi connectivity index (χ1n) is 6.62. The molecule has 1 saturated heterocycles. The van der Waals surface area contributed by atoms with Crippen LogP contribution in [0.4, 0.5) is 0 Å². The summed E-state index contributed by atoms with van der Waals surface area (Å²) in [5.74, 6) is 0.120. The summed E-state index contributed by atoms with van der Waals surface area (Å²) in [6.07, 6.45) is 1.65. The van der Waals surface area contributed by atoms with E-state index < -0.39 is 0 Å². The topological polar surface area (TPSA) is 58.6 Å². The molecule has 0 radical (unpaired) electrons. The molecule has 104 valence electrons. The maximum Gasteiger partial charge on any atom is 0.251 e. The Hall–Kier alpha value is -1.55. The van der Waals surface area contributed by atoms with E-state index in [1.807, 2.05) is 13.8 Å². The molecule has 1 unspecified atom stereocenters. The van der Waals surface area contributed by atoms with E-state index in [2.05, 4.69) is 5.32 Å². The largest absolute Gasteiger partial charge is 0.508 e. The first-order chi connectivity index (χ1) is 8.87. The highest BCUT2D eigenvalue weighted by molar-refractivity contribution is 5.94. The van der Waals surface area contributed by atoms with Crippen LogP contribution in [0.1, 0.15) is 42.6 Å². The normalized spacial score (nSPS) is 21.9. The predicted molar refractivity (Wildman–Crippen MR) is 73.4 cm³/mol. The van der Waals surface area contributed by atoms with Crippen molar-refractivity contribution >= 4 is 5.91 Å². The second-order valence-electron chi connectivity index (χ2n) is 5.77. The van der Waals surface area contributed by atoms with Crippen LogP contribution in [0, 0.1) is 6.92 Å². The van der Waals surface area contributed by atoms with Gasteiger partial charge in [0.15, 0.2) is 0 Å². The summed E-state index contributed by atoms with van der Waals surface area (Å²) in [5.41, 5.74) is 1.11. The second kappa shape index (κ2) is 5.21. The summed E-state index contributed by atoms with van der Waals surface area (Å²) >= 11 is 0. The number of aromatic hydroxyl groups is 1. The number of nitrogens with one attached hydrogen (secondary N) is 1. The van der Waals surface area contributed by atoms with Gasteiger partial charge >= 0.3 is 0 Å². The second-order valence-corrected chi connectivity index (χ2v) is 5.77. The van der Waals surface area contributed by atoms with Crippen LogP contribution in [-0.4, -0.2) is 29.3 Å². The fourth-order valence-corrected chi connectivity index (χ4v) is 2.42. The van der Waals surface area contributed by atoms with Crippen molar-refractivity contribution < 1.29 is 14.6 Å². The van der Waals surface area contributed by atoms with Crippen molar-refractivity contribution in [3.05, 3.63) is 29.3 Å². The van der Waals surface area contributed by atoms with Crippen LogP contribution in [-0.2, 0) is 4.74 Å². The molecule has 4 nitrogen and oxygen atoms in total. The molecule has 0 saturated carbocycles. The van der Waals surface area contributed by atoms with Crippen molar-refractivity contribution in [2.24, 2.45) is 0 Å². The molecule has 0 spiro atoms. The average Bonchev–Trinajstić information content (AvgIpc) is 2.31.